The molecule has 1 rings (SSSR count). The van der Waals surface area contributed by atoms with Crippen LogP contribution in [0.15, 0.2) is 18.5 Å². The van der Waals surface area contributed by atoms with Gasteiger partial charge in [0.1, 0.15) is 0 Å². The van der Waals surface area contributed by atoms with E-state index in [2.05, 4.69) is 4.37 Å². The molecule has 0 aliphatic carbocycles. The summed E-state index contributed by atoms with van der Waals surface area (Å²) < 4.78 is 3.97. The molecule has 0 unspecified atom stereocenters. The van der Waals surface area contributed by atoms with Gasteiger partial charge in [-0.2, -0.15) is 0 Å². The molecule has 0 N–H and O–H groups in total. The fourth-order valence-electron chi connectivity index (χ4n) is 0.534. The van der Waals surface area contributed by atoms with Crippen LogP contribution < -0.4 is 0 Å². The lowest BCUT2D eigenvalue weighted by Gasteiger charge is -2.01. The Morgan fingerprint density at radius 3 is 2.90 bits per heavy atom. The molecule has 0 saturated heterocycles. The lowest BCUT2D eigenvalue weighted by Crippen LogP contribution is -1.99. The van der Waals surface area contributed by atoms with Gasteiger partial charge in [-0.05, 0) is 29.9 Å². The minimum Gasteiger partial charge on any atom is -0.383 e. The Labute approximate surface area is 65.0 Å². The highest BCUT2D eigenvalue weighted by Gasteiger charge is 1.85. The molecule has 0 spiro atoms. The van der Waals surface area contributed by atoms with Crippen LogP contribution in [0.3, 0.4) is 0 Å². The van der Waals surface area contributed by atoms with Crippen molar-refractivity contribution in [3.05, 3.63) is 23.3 Å². The molecule has 2 nitrogen and oxygen atoms in total. The van der Waals surface area contributed by atoms with Crippen LogP contribution in [-0.2, 0) is 0 Å². The zero-order chi connectivity index (χ0) is 7.40. The molecule has 0 amide bonds. The second-order valence-electron chi connectivity index (χ2n) is 2.19. The molecule has 10 heavy (non-hydrogen) atoms. The summed E-state index contributed by atoms with van der Waals surface area (Å²) in [6.45, 7) is 0. The van der Waals surface area contributed by atoms with Crippen molar-refractivity contribution in [3.8, 4) is 0 Å². The highest BCUT2D eigenvalue weighted by atomic mass is 32.1. The first-order chi connectivity index (χ1) is 4.79. The Hall–Kier alpha value is -0.830. The van der Waals surface area contributed by atoms with Crippen LogP contribution in [0.2, 0.25) is 0 Å². The molecular formula is C7H10N2S. The summed E-state index contributed by atoms with van der Waals surface area (Å²) in [7, 11) is 4.00. The normalized spacial score (nSPS) is 10.6. The number of hydrogen-bond donors (Lipinski definition) is 0. The fourth-order valence-corrected chi connectivity index (χ4v) is 1.02. The summed E-state index contributed by atoms with van der Waals surface area (Å²) in [4.78, 5) is 3.19. The van der Waals surface area contributed by atoms with Gasteiger partial charge < -0.3 is 4.90 Å². The van der Waals surface area contributed by atoms with E-state index in [0.717, 1.165) is 0 Å². The largest absolute Gasteiger partial charge is 0.383 e. The predicted molar refractivity (Wildman–Crippen MR) is 44.8 cm³/mol. The third-order valence-corrected chi connectivity index (χ3v) is 1.70. The summed E-state index contributed by atoms with van der Waals surface area (Å²) >= 11 is 1.50. The van der Waals surface area contributed by atoms with E-state index in [0.29, 0.717) is 0 Å². The van der Waals surface area contributed by atoms with E-state index in [1.807, 2.05) is 37.3 Å². The Balaban J connectivity index is 2.55. The molecule has 0 aliphatic heterocycles. The number of hydrogen-bond acceptors (Lipinski definition) is 3. The predicted octanol–water partition coefficient (Wildman–Crippen LogP) is 1.68. The molecule has 0 aliphatic rings. The first-order valence-corrected chi connectivity index (χ1v) is 3.81. The second-order valence-corrected chi connectivity index (χ2v) is 3.06. The van der Waals surface area contributed by atoms with Crippen LogP contribution >= 0.6 is 11.5 Å². The van der Waals surface area contributed by atoms with E-state index in [9.17, 15) is 0 Å². The summed E-state index contributed by atoms with van der Waals surface area (Å²) in [6.07, 6.45) is 5.85. The van der Waals surface area contributed by atoms with Crippen LogP contribution in [0, 0.1) is 0 Å². The van der Waals surface area contributed by atoms with Gasteiger partial charge in [-0.15, -0.1) is 0 Å². The lowest BCUT2D eigenvalue weighted by molar-refractivity contribution is 0.567. The first-order valence-electron chi connectivity index (χ1n) is 3.04. The molecular weight excluding hydrogens is 144 g/mol. The monoisotopic (exact) mass is 154 g/mol. The van der Waals surface area contributed by atoms with Crippen molar-refractivity contribution in [2.24, 2.45) is 0 Å². The van der Waals surface area contributed by atoms with Gasteiger partial charge in [0.15, 0.2) is 0 Å². The maximum Gasteiger partial charge on any atom is 0.0491 e. The second kappa shape index (κ2) is 3.37. The average molecular weight is 154 g/mol. The minimum atomic E-state index is 1.19. The van der Waals surface area contributed by atoms with Gasteiger partial charge in [0.05, 0.1) is 0 Å². The maximum atomic E-state index is 3.97. The van der Waals surface area contributed by atoms with Crippen molar-refractivity contribution in [1.29, 1.82) is 0 Å². The van der Waals surface area contributed by atoms with Crippen molar-refractivity contribution >= 4 is 17.6 Å². The van der Waals surface area contributed by atoms with E-state index in [-0.39, 0.29) is 0 Å². The Morgan fingerprint density at radius 1 is 1.60 bits per heavy atom. The SMILES string of the molecule is CN(C)/C=C\c1ccns1. The summed E-state index contributed by atoms with van der Waals surface area (Å²) in [5.74, 6) is 0. The molecule has 1 aromatic heterocycles. The zero-order valence-electron chi connectivity index (χ0n) is 6.11. The Bertz CT molecular complexity index is 201. The lowest BCUT2D eigenvalue weighted by atomic mass is 10.5. The van der Waals surface area contributed by atoms with Gasteiger partial charge in [0.2, 0.25) is 0 Å². The molecule has 0 fully saturated rings. The van der Waals surface area contributed by atoms with Crippen LogP contribution in [0.5, 0.6) is 0 Å². The smallest absolute Gasteiger partial charge is 0.0491 e. The third kappa shape index (κ3) is 2.19. The quantitative estimate of drug-likeness (QED) is 0.644. The highest BCUT2D eigenvalue weighted by molar-refractivity contribution is 7.06. The van der Waals surface area contributed by atoms with Gasteiger partial charge in [-0.1, -0.05) is 0 Å². The van der Waals surface area contributed by atoms with E-state index >= 15 is 0 Å². The van der Waals surface area contributed by atoms with Gasteiger partial charge in [0.25, 0.3) is 0 Å². The van der Waals surface area contributed by atoms with Crippen LogP contribution in [0.25, 0.3) is 6.08 Å². The fraction of sp³-hybridized carbons (Fsp3) is 0.286. The van der Waals surface area contributed by atoms with Crippen molar-refractivity contribution in [3.63, 3.8) is 0 Å². The number of nitrogens with zero attached hydrogens (tertiary/aromatic N) is 2. The van der Waals surface area contributed by atoms with Crippen molar-refractivity contribution in [1.82, 2.24) is 9.27 Å². The van der Waals surface area contributed by atoms with E-state index in [4.69, 9.17) is 0 Å². The Morgan fingerprint density at radius 2 is 2.40 bits per heavy atom. The summed E-state index contributed by atoms with van der Waals surface area (Å²) in [6, 6.07) is 1.99. The van der Waals surface area contributed by atoms with Crippen LogP contribution in [-0.4, -0.2) is 23.4 Å². The molecule has 0 atom stereocenters. The molecule has 0 bridgehead atoms. The van der Waals surface area contributed by atoms with Crippen LogP contribution in [0.1, 0.15) is 4.88 Å². The maximum absolute atomic E-state index is 3.97. The van der Waals surface area contributed by atoms with Gasteiger partial charge >= 0.3 is 0 Å². The van der Waals surface area contributed by atoms with E-state index in [1.165, 1.54) is 16.4 Å². The van der Waals surface area contributed by atoms with E-state index < -0.39 is 0 Å². The van der Waals surface area contributed by atoms with Crippen molar-refractivity contribution in [2.45, 2.75) is 0 Å². The highest BCUT2D eigenvalue weighted by Crippen LogP contribution is 2.06. The van der Waals surface area contributed by atoms with Crippen molar-refractivity contribution < 1.29 is 0 Å². The summed E-state index contributed by atoms with van der Waals surface area (Å²) in [5.41, 5.74) is 0. The molecule has 54 valence electrons. The topological polar surface area (TPSA) is 16.1 Å². The average Bonchev–Trinajstić information content (AvgIpc) is 2.34. The molecule has 1 aromatic rings. The first kappa shape index (κ1) is 7.28. The minimum absolute atomic E-state index is 1.19. The third-order valence-electron chi connectivity index (χ3n) is 0.995. The van der Waals surface area contributed by atoms with E-state index in [1.54, 1.807) is 6.20 Å². The molecule has 1 heterocycles. The van der Waals surface area contributed by atoms with Crippen LogP contribution in [0.4, 0.5) is 0 Å². The van der Waals surface area contributed by atoms with Crippen molar-refractivity contribution in [2.75, 3.05) is 14.1 Å². The van der Waals surface area contributed by atoms with Gasteiger partial charge in [-0.25, -0.2) is 4.37 Å². The Kier molecular flexibility index (Phi) is 2.45. The number of aromatic nitrogens is 1. The molecule has 0 saturated carbocycles. The zero-order valence-corrected chi connectivity index (χ0v) is 6.93. The molecule has 0 radical (unpaired) electrons. The van der Waals surface area contributed by atoms with Gasteiger partial charge in [0, 0.05) is 25.2 Å². The molecule has 0 aromatic carbocycles. The van der Waals surface area contributed by atoms with Gasteiger partial charge in [-0.3, -0.25) is 0 Å². The summed E-state index contributed by atoms with van der Waals surface area (Å²) in [5, 5.41) is 0. The molecule has 3 heteroatoms. The standard InChI is InChI=1S/C7H10N2S/c1-9(2)6-4-7-3-5-8-10-7/h3-6H,1-2H3/b6-4-. The number of rotatable bonds is 2.